The van der Waals surface area contributed by atoms with Crippen LogP contribution in [0.2, 0.25) is 0 Å². The van der Waals surface area contributed by atoms with Gasteiger partial charge in [0.05, 0.1) is 12.0 Å². The Morgan fingerprint density at radius 1 is 1.17 bits per heavy atom. The molecule has 7 nitrogen and oxygen atoms in total. The summed E-state index contributed by atoms with van der Waals surface area (Å²) in [6.07, 6.45) is 4.53. The van der Waals surface area contributed by atoms with E-state index in [0.29, 0.717) is 19.5 Å². The molecule has 2 saturated heterocycles. The van der Waals surface area contributed by atoms with Crippen molar-refractivity contribution in [1.82, 2.24) is 19.8 Å². The molecular formula is C16H25N5O2. The van der Waals surface area contributed by atoms with Crippen LogP contribution in [0.5, 0.6) is 0 Å². The van der Waals surface area contributed by atoms with Gasteiger partial charge in [0.2, 0.25) is 11.9 Å². The first-order chi connectivity index (χ1) is 11.1. The zero-order valence-electron chi connectivity index (χ0n) is 13.6. The minimum Gasteiger partial charge on any atom is -0.392 e. The zero-order chi connectivity index (χ0) is 16.2. The number of nitrogens with zero attached hydrogens (tertiary/aromatic N) is 5. The number of aliphatic hydroxyl groups is 1. The molecular weight excluding hydrogens is 294 g/mol. The molecule has 0 radical (unpaired) electrons. The van der Waals surface area contributed by atoms with Crippen LogP contribution in [-0.4, -0.2) is 83.2 Å². The van der Waals surface area contributed by atoms with E-state index >= 15 is 0 Å². The SMILES string of the molecule is CN1CC[C@H](O)[C@H](C(=O)N2CCCN(c3ncccn3)CC2)C1. The van der Waals surface area contributed by atoms with E-state index in [1.165, 1.54) is 0 Å². The van der Waals surface area contributed by atoms with Crippen LogP contribution in [0.25, 0.3) is 0 Å². The summed E-state index contributed by atoms with van der Waals surface area (Å²) in [6, 6.07) is 1.80. The first-order valence-corrected chi connectivity index (χ1v) is 8.32. The number of anilines is 1. The van der Waals surface area contributed by atoms with Crippen molar-refractivity contribution >= 4 is 11.9 Å². The molecule has 0 aliphatic carbocycles. The van der Waals surface area contributed by atoms with Gasteiger partial charge in [-0.15, -0.1) is 0 Å². The van der Waals surface area contributed by atoms with Gasteiger partial charge in [0.15, 0.2) is 0 Å². The van der Waals surface area contributed by atoms with E-state index in [4.69, 9.17) is 0 Å². The van der Waals surface area contributed by atoms with Crippen LogP contribution in [-0.2, 0) is 4.79 Å². The zero-order valence-corrected chi connectivity index (χ0v) is 13.6. The molecule has 23 heavy (non-hydrogen) atoms. The topological polar surface area (TPSA) is 72.8 Å². The number of hydrogen-bond acceptors (Lipinski definition) is 6. The van der Waals surface area contributed by atoms with Crippen molar-refractivity contribution < 1.29 is 9.90 Å². The van der Waals surface area contributed by atoms with Crippen molar-refractivity contribution in [2.45, 2.75) is 18.9 Å². The molecule has 2 atom stereocenters. The van der Waals surface area contributed by atoms with Crippen LogP contribution in [0.1, 0.15) is 12.8 Å². The number of carbonyl (C=O) groups excluding carboxylic acids is 1. The summed E-state index contributed by atoms with van der Waals surface area (Å²) < 4.78 is 0. The van der Waals surface area contributed by atoms with Crippen molar-refractivity contribution in [2.75, 3.05) is 51.2 Å². The maximum absolute atomic E-state index is 12.8. The molecule has 7 heteroatoms. The van der Waals surface area contributed by atoms with Crippen LogP contribution in [0.15, 0.2) is 18.5 Å². The lowest BCUT2D eigenvalue weighted by atomic mass is 9.93. The lowest BCUT2D eigenvalue weighted by molar-refractivity contribution is -0.141. The van der Waals surface area contributed by atoms with Crippen molar-refractivity contribution in [3.63, 3.8) is 0 Å². The van der Waals surface area contributed by atoms with Gasteiger partial charge in [0.1, 0.15) is 0 Å². The van der Waals surface area contributed by atoms with E-state index in [9.17, 15) is 9.90 Å². The Labute approximate surface area is 136 Å². The Hall–Kier alpha value is -1.73. The van der Waals surface area contributed by atoms with Gasteiger partial charge in [0, 0.05) is 51.7 Å². The summed E-state index contributed by atoms with van der Waals surface area (Å²) in [4.78, 5) is 27.5. The number of likely N-dealkylation sites (tertiary alicyclic amines) is 1. The summed E-state index contributed by atoms with van der Waals surface area (Å²) in [5.74, 6) is 0.507. The summed E-state index contributed by atoms with van der Waals surface area (Å²) in [5, 5.41) is 10.2. The Morgan fingerprint density at radius 2 is 1.96 bits per heavy atom. The molecule has 0 spiro atoms. The Morgan fingerprint density at radius 3 is 2.74 bits per heavy atom. The van der Waals surface area contributed by atoms with Crippen molar-refractivity contribution in [3.05, 3.63) is 18.5 Å². The fourth-order valence-electron chi connectivity index (χ4n) is 3.37. The Kier molecular flexibility index (Phi) is 5.07. The highest BCUT2D eigenvalue weighted by Crippen LogP contribution is 2.20. The van der Waals surface area contributed by atoms with Crippen LogP contribution in [0.3, 0.4) is 0 Å². The van der Waals surface area contributed by atoms with Gasteiger partial charge < -0.3 is 19.8 Å². The maximum atomic E-state index is 12.8. The first-order valence-electron chi connectivity index (χ1n) is 8.32. The van der Waals surface area contributed by atoms with E-state index in [2.05, 4.69) is 19.8 Å². The van der Waals surface area contributed by atoms with Crippen LogP contribution in [0.4, 0.5) is 5.95 Å². The van der Waals surface area contributed by atoms with E-state index in [1.807, 2.05) is 11.9 Å². The van der Waals surface area contributed by atoms with Gasteiger partial charge in [-0.1, -0.05) is 0 Å². The molecule has 0 unspecified atom stereocenters. The average Bonchev–Trinajstić information content (AvgIpc) is 2.83. The van der Waals surface area contributed by atoms with Gasteiger partial charge in [-0.3, -0.25) is 4.79 Å². The predicted molar refractivity (Wildman–Crippen MR) is 87.1 cm³/mol. The van der Waals surface area contributed by atoms with E-state index in [1.54, 1.807) is 18.5 Å². The quantitative estimate of drug-likeness (QED) is 0.816. The number of aliphatic hydroxyl groups excluding tert-OH is 1. The van der Waals surface area contributed by atoms with Gasteiger partial charge >= 0.3 is 0 Å². The number of amides is 1. The monoisotopic (exact) mass is 319 g/mol. The van der Waals surface area contributed by atoms with Crippen molar-refractivity contribution in [3.8, 4) is 0 Å². The van der Waals surface area contributed by atoms with Gasteiger partial charge in [-0.2, -0.15) is 0 Å². The van der Waals surface area contributed by atoms with Gasteiger partial charge in [0.25, 0.3) is 0 Å². The highest BCUT2D eigenvalue weighted by Gasteiger charge is 2.35. The molecule has 1 aromatic heterocycles. The number of piperidine rings is 1. The Balaban J connectivity index is 1.62. The number of hydrogen-bond donors (Lipinski definition) is 1. The standard InChI is InChI=1S/C16H25N5O2/c1-19-9-4-14(22)13(12-19)15(23)20-7-3-8-21(11-10-20)16-17-5-2-6-18-16/h2,5-6,13-14,22H,3-4,7-12H2,1H3/t13-,14+/m1/s1. The largest absolute Gasteiger partial charge is 0.392 e. The Bertz CT molecular complexity index is 526. The van der Waals surface area contributed by atoms with E-state index in [-0.39, 0.29) is 11.8 Å². The second-order valence-corrected chi connectivity index (χ2v) is 6.44. The summed E-state index contributed by atoms with van der Waals surface area (Å²) in [6.45, 7) is 4.46. The summed E-state index contributed by atoms with van der Waals surface area (Å²) in [5.41, 5.74) is 0. The van der Waals surface area contributed by atoms with Crippen LogP contribution in [0, 0.1) is 5.92 Å². The smallest absolute Gasteiger partial charge is 0.229 e. The molecule has 0 bridgehead atoms. The third-order valence-corrected chi connectivity index (χ3v) is 4.74. The molecule has 1 aromatic rings. The predicted octanol–water partition coefficient (Wildman–Crippen LogP) is -0.172. The lowest BCUT2D eigenvalue weighted by Crippen LogP contribution is -2.50. The number of rotatable bonds is 2. The molecule has 2 aliphatic heterocycles. The molecule has 0 saturated carbocycles. The number of carbonyl (C=O) groups is 1. The normalized spacial score (nSPS) is 26.9. The fourth-order valence-corrected chi connectivity index (χ4v) is 3.37. The van der Waals surface area contributed by atoms with Crippen LogP contribution >= 0.6 is 0 Å². The molecule has 1 N–H and O–H groups in total. The minimum absolute atomic E-state index is 0.0832. The molecule has 0 aromatic carbocycles. The second kappa shape index (κ2) is 7.23. The second-order valence-electron chi connectivity index (χ2n) is 6.44. The fraction of sp³-hybridized carbons (Fsp3) is 0.688. The molecule has 126 valence electrons. The average molecular weight is 319 g/mol. The third kappa shape index (κ3) is 3.79. The molecule has 2 fully saturated rings. The van der Waals surface area contributed by atoms with Crippen LogP contribution < -0.4 is 4.90 Å². The lowest BCUT2D eigenvalue weighted by Gasteiger charge is -2.35. The number of aromatic nitrogens is 2. The van der Waals surface area contributed by atoms with Gasteiger partial charge in [-0.25, -0.2) is 9.97 Å². The first kappa shape index (κ1) is 16.1. The molecule has 3 heterocycles. The summed E-state index contributed by atoms with van der Waals surface area (Å²) in [7, 11) is 2.00. The molecule has 1 amide bonds. The molecule has 2 aliphatic rings. The van der Waals surface area contributed by atoms with Gasteiger partial charge in [-0.05, 0) is 26.0 Å². The highest BCUT2D eigenvalue weighted by atomic mass is 16.3. The van der Waals surface area contributed by atoms with Crippen molar-refractivity contribution in [1.29, 1.82) is 0 Å². The van der Waals surface area contributed by atoms with E-state index < -0.39 is 6.10 Å². The third-order valence-electron chi connectivity index (χ3n) is 4.74. The maximum Gasteiger partial charge on any atom is 0.229 e. The molecule has 3 rings (SSSR count). The summed E-state index contributed by atoms with van der Waals surface area (Å²) >= 11 is 0. The minimum atomic E-state index is -0.518. The highest BCUT2D eigenvalue weighted by molar-refractivity contribution is 5.80. The van der Waals surface area contributed by atoms with E-state index in [0.717, 1.165) is 38.5 Å². The van der Waals surface area contributed by atoms with Crippen molar-refractivity contribution in [2.24, 2.45) is 5.92 Å².